The Kier molecular flexibility index (Phi) is 7.69. The Morgan fingerprint density at radius 1 is 1.17 bits per heavy atom. The molecule has 1 aliphatic carbocycles. The van der Waals surface area contributed by atoms with Gasteiger partial charge in [-0.15, -0.1) is 5.10 Å². The van der Waals surface area contributed by atoms with E-state index >= 15 is 0 Å². The first-order valence-electron chi connectivity index (χ1n) is 13.1. The zero-order chi connectivity index (χ0) is 25.1. The number of likely N-dealkylation sites (N-methyl/N-ethyl adjacent to an activating group) is 1. The van der Waals surface area contributed by atoms with Gasteiger partial charge >= 0.3 is 0 Å². The van der Waals surface area contributed by atoms with E-state index in [1.165, 1.54) is 0 Å². The number of nitrogens with zero attached hydrogens (tertiary/aromatic N) is 5. The first kappa shape index (κ1) is 24.9. The van der Waals surface area contributed by atoms with Crippen molar-refractivity contribution in [2.24, 2.45) is 0 Å². The molecule has 2 fully saturated rings. The Morgan fingerprint density at radius 3 is 2.78 bits per heavy atom. The number of ether oxygens (including phenoxy) is 2. The predicted octanol–water partition coefficient (Wildman–Crippen LogP) is 3.73. The smallest absolute Gasteiger partial charge is 0.241 e. The summed E-state index contributed by atoms with van der Waals surface area (Å²) in [5.41, 5.74) is 4.22. The van der Waals surface area contributed by atoms with Gasteiger partial charge in [0, 0.05) is 49.1 Å². The van der Waals surface area contributed by atoms with E-state index in [0.717, 1.165) is 74.0 Å². The van der Waals surface area contributed by atoms with Gasteiger partial charge in [0.15, 0.2) is 0 Å². The van der Waals surface area contributed by atoms with Crippen molar-refractivity contribution in [2.45, 2.75) is 69.6 Å². The third-order valence-electron chi connectivity index (χ3n) is 7.37. The highest BCUT2D eigenvalue weighted by Gasteiger charge is 2.26. The number of likely N-dealkylation sites (tertiary alicyclic amines) is 1. The van der Waals surface area contributed by atoms with Crippen molar-refractivity contribution in [3.8, 4) is 17.0 Å². The van der Waals surface area contributed by atoms with Crippen LogP contribution in [0.2, 0.25) is 0 Å². The van der Waals surface area contributed by atoms with Gasteiger partial charge in [-0.2, -0.15) is 0 Å². The maximum Gasteiger partial charge on any atom is 0.241 e. The second-order valence-electron chi connectivity index (χ2n) is 10.4. The summed E-state index contributed by atoms with van der Waals surface area (Å²) in [7, 11) is 3.83. The number of anilines is 1. The molecule has 194 valence electrons. The minimum absolute atomic E-state index is 0.0921. The van der Waals surface area contributed by atoms with Crippen molar-refractivity contribution in [1.82, 2.24) is 24.5 Å². The summed E-state index contributed by atoms with van der Waals surface area (Å²) in [4.78, 5) is 11.4. The van der Waals surface area contributed by atoms with Crippen molar-refractivity contribution < 1.29 is 14.6 Å². The summed E-state index contributed by atoms with van der Waals surface area (Å²) < 4.78 is 13.6. The molecule has 36 heavy (non-hydrogen) atoms. The Labute approximate surface area is 212 Å². The van der Waals surface area contributed by atoms with Gasteiger partial charge in [0.1, 0.15) is 6.10 Å². The number of aliphatic hydroxyl groups is 1. The monoisotopic (exact) mass is 494 g/mol. The number of methoxy groups -OCH3 is 1. The molecule has 1 aliphatic heterocycles. The quantitative estimate of drug-likeness (QED) is 0.489. The highest BCUT2D eigenvalue weighted by atomic mass is 16.5. The molecule has 0 unspecified atom stereocenters. The fourth-order valence-electron chi connectivity index (χ4n) is 5.51. The lowest BCUT2D eigenvalue weighted by molar-refractivity contribution is 0.100. The molecular formula is C27H38N6O3. The lowest BCUT2D eigenvalue weighted by atomic mass is 9.85. The van der Waals surface area contributed by atoms with Crippen LogP contribution in [0.25, 0.3) is 16.6 Å². The number of hydrogen-bond donors (Lipinski definition) is 2. The van der Waals surface area contributed by atoms with Crippen molar-refractivity contribution in [3.63, 3.8) is 0 Å². The number of nitrogens with one attached hydrogen (secondary N) is 1. The number of aliphatic hydroxyl groups excluding tert-OH is 1. The van der Waals surface area contributed by atoms with Crippen LogP contribution in [0.15, 0.2) is 30.6 Å². The minimum atomic E-state index is -0.201. The highest BCUT2D eigenvalue weighted by molar-refractivity contribution is 5.81. The molecule has 1 saturated heterocycles. The lowest BCUT2D eigenvalue weighted by Gasteiger charge is -2.29. The minimum Gasteiger partial charge on any atom is -0.473 e. The molecule has 2 atom stereocenters. The summed E-state index contributed by atoms with van der Waals surface area (Å²) in [5, 5.41) is 18.3. The van der Waals surface area contributed by atoms with E-state index in [1.807, 2.05) is 36.0 Å². The average Bonchev–Trinajstić information content (AvgIpc) is 3.24. The zero-order valence-electron chi connectivity index (χ0n) is 21.6. The first-order valence-corrected chi connectivity index (χ1v) is 13.1. The third kappa shape index (κ3) is 5.63. The maximum atomic E-state index is 10.1. The van der Waals surface area contributed by atoms with E-state index in [-0.39, 0.29) is 18.2 Å². The van der Waals surface area contributed by atoms with Gasteiger partial charge in [-0.1, -0.05) is 0 Å². The number of pyridine rings is 1. The molecule has 3 aromatic rings. The van der Waals surface area contributed by atoms with Crippen molar-refractivity contribution in [2.75, 3.05) is 39.2 Å². The largest absolute Gasteiger partial charge is 0.473 e. The van der Waals surface area contributed by atoms with Crippen LogP contribution in [0.4, 0.5) is 5.95 Å². The number of hydrogen-bond acceptors (Lipinski definition) is 8. The predicted molar refractivity (Wildman–Crippen MR) is 140 cm³/mol. The molecule has 9 nitrogen and oxygen atoms in total. The summed E-state index contributed by atoms with van der Waals surface area (Å²) in [6.07, 6.45) is 9.38. The molecule has 2 N–H and O–H groups in total. The number of aromatic nitrogens is 4. The number of rotatable bonds is 8. The van der Waals surface area contributed by atoms with Gasteiger partial charge in [-0.25, -0.2) is 14.5 Å². The topological polar surface area (TPSA) is 97.0 Å². The fourth-order valence-corrected chi connectivity index (χ4v) is 5.51. The van der Waals surface area contributed by atoms with Crippen LogP contribution in [0.5, 0.6) is 5.88 Å². The molecule has 0 aromatic carbocycles. The molecule has 0 bridgehead atoms. The van der Waals surface area contributed by atoms with Crippen LogP contribution in [-0.2, 0) is 4.74 Å². The van der Waals surface area contributed by atoms with Gasteiger partial charge in [0.2, 0.25) is 11.8 Å². The molecule has 2 aliphatic rings. The summed E-state index contributed by atoms with van der Waals surface area (Å²) in [5.74, 6) is 1.57. The average molecular weight is 495 g/mol. The summed E-state index contributed by atoms with van der Waals surface area (Å²) in [6, 6.07) is 6.39. The maximum absolute atomic E-state index is 10.1. The van der Waals surface area contributed by atoms with E-state index in [1.54, 1.807) is 7.11 Å². The van der Waals surface area contributed by atoms with Gasteiger partial charge < -0.3 is 24.8 Å². The second-order valence-corrected chi connectivity index (χ2v) is 10.4. The summed E-state index contributed by atoms with van der Waals surface area (Å²) >= 11 is 0. The zero-order valence-corrected chi connectivity index (χ0v) is 21.6. The normalized spacial score (nSPS) is 24.1. The van der Waals surface area contributed by atoms with E-state index in [9.17, 15) is 5.11 Å². The summed E-state index contributed by atoms with van der Waals surface area (Å²) in [6.45, 7) is 4.66. The number of piperidine rings is 1. The van der Waals surface area contributed by atoms with Crippen molar-refractivity contribution in [3.05, 3.63) is 36.3 Å². The molecule has 0 amide bonds. The van der Waals surface area contributed by atoms with Gasteiger partial charge in [-0.05, 0) is 76.7 Å². The van der Waals surface area contributed by atoms with Crippen LogP contribution >= 0.6 is 0 Å². The van der Waals surface area contributed by atoms with E-state index in [2.05, 4.69) is 33.3 Å². The molecule has 1 saturated carbocycles. The van der Waals surface area contributed by atoms with Crippen LogP contribution < -0.4 is 10.1 Å². The van der Waals surface area contributed by atoms with Crippen molar-refractivity contribution >= 4 is 11.5 Å². The molecule has 9 heteroatoms. The highest BCUT2D eigenvalue weighted by Crippen LogP contribution is 2.38. The molecule has 0 spiro atoms. The van der Waals surface area contributed by atoms with E-state index in [0.29, 0.717) is 24.4 Å². The Bertz CT molecular complexity index is 1160. The molecule has 0 radical (unpaired) electrons. The van der Waals surface area contributed by atoms with Gasteiger partial charge in [0.05, 0.1) is 24.4 Å². The van der Waals surface area contributed by atoms with Crippen LogP contribution in [0.3, 0.4) is 0 Å². The van der Waals surface area contributed by atoms with Crippen LogP contribution in [-0.4, -0.2) is 81.7 Å². The van der Waals surface area contributed by atoms with Crippen LogP contribution in [0, 0.1) is 0 Å². The third-order valence-corrected chi connectivity index (χ3v) is 7.37. The molecule has 3 aromatic heterocycles. The Hall–Kier alpha value is -2.75. The molecule has 5 rings (SSSR count). The fraction of sp³-hybridized carbons (Fsp3) is 0.593. The number of fused-ring (bicyclic) bond motifs is 1. The Morgan fingerprint density at radius 2 is 2.00 bits per heavy atom. The SMILES string of the molecule is COC[C@H](C)Nc1ncc2c(-c3ccnc(O[C@@H]4CCCN(C)C4)c3)cc([C@H]3CC[C@H](O)CC3)n2n1. The first-order chi connectivity index (χ1) is 17.5. The lowest BCUT2D eigenvalue weighted by Crippen LogP contribution is -2.38. The molecule has 4 heterocycles. The van der Waals surface area contributed by atoms with Gasteiger partial charge in [0.25, 0.3) is 0 Å². The van der Waals surface area contributed by atoms with Crippen LogP contribution in [0.1, 0.15) is 57.1 Å². The Balaban J connectivity index is 1.48. The second kappa shape index (κ2) is 11.1. The van der Waals surface area contributed by atoms with E-state index < -0.39 is 0 Å². The van der Waals surface area contributed by atoms with E-state index in [4.69, 9.17) is 14.6 Å². The molecular weight excluding hydrogens is 456 g/mol. The van der Waals surface area contributed by atoms with Gasteiger partial charge in [-0.3, -0.25) is 0 Å². The van der Waals surface area contributed by atoms with Crippen molar-refractivity contribution in [1.29, 1.82) is 0 Å². The standard InChI is InChI=1S/C27H38N6O3/c1-18(17-35-3)30-27-29-15-25-23(14-24(33(25)31-27)19-6-8-21(34)9-7-19)20-10-11-28-26(13-20)36-22-5-4-12-32(2)16-22/h10-11,13-15,18-19,21-22,34H,4-9,12,16-17H2,1-3H3,(H,30,31)/t18-,19-,21-,22+/m0/s1.